The molecule has 0 spiro atoms. The van der Waals surface area contributed by atoms with E-state index >= 15 is 0 Å². The lowest BCUT2D eigenvalue weighted by molar-refractivity contribution is 0.0692. The molecule has 1 aliphatic heterocycles. The second-order valence-electron chi connectivity index (χ2n) is 7.72. The van der Waals surface area contributed by atoms with E-state index in [4.69, 9.17) is 5.73 Å². The third-order valence-electron chi connectivity index (χ3n) is 5.67. The molecule has 1 saturated heterocycles. The molecule has 6 nitrogen and oxygen atoms in total. The minimum atomic E-state index is -0.429. The van der Waals surface area contributed by atoms with Crippen molar-refractivity contribution in [2.75, 3.05) is 12.3 Å². The Kier molecular flexibility index (Phi) is 5.22. The summed E-state index contributed by atoms with van der Waals surface area (Å²) in [7, 11) is 0. The van der Waals surface area contributed by atoms with Gasteiger partial charge in [-0.3, -0.25) is 4.79 Å². The molecular weight excluding hydrogens is 369 g/mol. The summed E-state index contributed by atoms with van der Waals surface area (Å²) in [4.78, 5) is 19.7. The van der Waals surface area contributed by atoms with Gasteiger partial charge in [-0.2, -0.15) is 5.10 Å². The summed E-state index contributed by atoms with van der Waals surface area (Å²) < 4.78 is 16.1. The fourth-order valence-corrected chi connectivity index (χ4v) is 3.99. The number of carbonyl (C=O) groups is 1. The highest BCUT2D eigenvalue weighted by molar-refractivity contribution is 5.93. The predicted octanol–water partition coefficient (Wildman–Crippen LogP) is 4.08. The normalized spacial score (nSPS) is 17.5. The molecule has 29 heavy (non-hydrogen) atoms. The summed E-state index contributed by atoms with van der Waals surface area (Å²) >= 11 is 0. The molecule has 7 heteroatoms. The van der Waals surface area contributed by atoms with Gasteiger partial charge in [0.25, 0.3) is 5.91 Å². The number of benzene rings is 1. The van der Waals surface area contributed by atoms with Crippen LogP contribution in [0, 0.1) is 5.82 Å². The van der Waals surface area contributed by atoms with Crippen LogP contribution < -0.4 is 5.73 Å². The minimum Gasteiger partial charge on any atom is -0.399 e. The molecule has 0 unspecified atom stereocenters. The predicted molar refractivity (Wildman–Crippen MR) is 111 cm³/mol. The number of rotatable bonds is 3. The number of nitrogens with two attached hydrogens (primary N) is 1. The van der Waals surface area contributed by atoms with Crippen molar-refractivity contribution >= 4 is 17.2 Å². The Morgan fingerprint density at radius 3 is 2.83 bits per heavy atom. The van der Waals surface area contributed by atoms with Crippen LogP contribution in [0.15, 0.2) is 30.3 Å². The van der Waals surface area contributed by atoms with Crippen molar-refractivity contribution < 1.29 is 9.18 Å². The van der Waals surface area contributed by atoms with Crippen LogP contribution in [0.4, 0.5) is 10.1 Å². The number of hydrogen-bond acceptors (Lipinski definition) is 4. The van der Waals surface area contributed by atoms with Crippen molar-refractivity contribution in [1.29, 1.82) is 0 Å². The van der Waals surface area contributed by atoms with Crippen molar-refractivity contribution in [2.45, 2.75) is 52.0 Å². The van der Waals surface area contributed by atoms with Crippen LogP contribution >= 0.6 is 0 Å². The Morgan fingerprint density at radius 1 is 1.24 bits per heavy atom. The van der Waals surface area contributed by atoms with Crippen LogP contribution in [-0.4, -0.2) is 38.0 Å². The monoisotopic (exact) mass is 395 g/mol. The molecule has 0 bridgehead atoms. The molecule has 0 radical (unpaired) electrons. The number of hydrogen-bond donors (Lipinski definition) is 1. The number of carbonyl (C=O) groups excluding carboxylic acids is 1. The first-order chi connectivity index (χ1) is 14.0. The number of nitrogen functional groups attached to an aromatic ring is 1. The second kappa shape index (κ2) is 7.81. The van der Waals surface area contributed by atoms with Gasteiger partial charge in [-0.1, -0.05) is 19.8 Å². The fraction of sp³-hybridized carbons (Fsp3) is 0.409. The van der Waals surface area contributed by atoms with E-state index < -0.39 is 5.82 Å². The van der Waals surface area contributed by atoms with E-state index in [1.807, 2.05) is 17.9 Å². The first-order valence-electron chi connectivity index (χ1n) is 10.2. The Bertz CT molecular complexity index is 1060. The standard InChI is InChI=1S/C22H26FN5O/c1-3-16-12-20(22(29)27-10-6-4-5-7-14(27)2)25-21-13-19(26-28(16)21)17-9-8-15(24)11-18(17)23/h8-9,11-14H,3-7,10,24H2,1-2H3/t14-/m1/s1. The molecule has 3 heterocycles. The first-order valence-corrected chi connectivity index (χ1v) is 10.2. The summed E-state index contributed by atoms with van der Waals surface area (Å²) in [5.74, 6) is -0.473. The third kappa shape index (κ3) is 3.69. The zero-order chi connectivity index (χ0) is 20.5. The van der Waals surface area contributed by atoms with E-state index in [0.717, 1.165) is 37.9 Å². The molecule has 2 aromatic heterocycles. The van der Waals surface area contributed by atoms with Gasteiger partial charge in [0, 0.05) is 35.6 Å². The van der Waals surface area contributed by atoms with Crippen molar-refractivity contribution in [3.05, 3.63) is 47.5 Å². The van der Waals surface area contributed by atoms with E-state index in [1.165, 1.54) is 6.07 Å². The largest absolute Gasteiger partial charge is 0.399 e. The lowest BCUT2D eigenvalue weighted by Gasteiger charge is -2.27. The van der Waals surface area contributed by atoms with Gasteiger partial charge in [-0.05, 0) is 50.5 Å². The van der Waals surface area contributed by atoms with Gasteiger partial charge >= 0.3 is 0 Å². The molecule has 1 atom stereocenters. The zero-order valence-electron chi connectivity index (χ0n) is 16.9. The second-order valence-corrected chi connectivity index (χ2v) is 7.72. The average Bonchev–Trinajstić information content (AvgIpc) is 3.01. The van der Waals surface area contributed by atoms with Crippen LogP contribution in [0.5, 0.6) is 0 Å². The molecule has 0 saturated carbocycles. The average molecular weight is 395 g/mol. The Labute approximate surface area is 169 Å². The number of aromatic nitrogens is 3. The third-order valence-corrected chi connectivity index (χ3v) is 5.67. The summed E-state index contributed by atoms with van der Waals surface area (Å²) in [6.45, 7) is 4.86. The molecule has 3 aromatic rings. The SMILES string of the molecule is CCc1cc(C(=O)N2CCCCC[C@H]2C)nc2cc(-c3ccc(N)cc3F)nn12. The number of fused-ring (bicyclic) bond motifs is 1. The lowest BCUT2D eigenvalue weighted by Crippen LogP contribution is -2.38. The van der Waals surface area contributed by atoms with Crippen LogP contribution in [0.3, 0.4) is 0 Å². The van der Waals surface area contributed by atoms with E-state index in [2.05, 4.69) is 17.0 Å². The van der Waals surface area contributed by atoms with Crippen LogP contribution in [0.25, 0.3) is 16.9 Å². The molecule has 4 rings (SSSR count). The van der Waals surface area contributed by atoms with Gasteiger partial charge in [-0.25, -0.2) is 13.9 Å². The van der Waals surface area contributed by atoms with Gasteiger partial charge in [-0.15, -0.1) is 0 Å². The van der Waals surface area contributed by atoms with Gasteiger partial charge in [0.05, 0.1) is 5.69 Å². The van der Waals surface area contributed by atoms with E-state index in [0.29, 0.717) is 34.7 Å². The van der Waals surface area contributed by atoms with E-state index in [-0.39, 0.29) is 11.9 Å². The summed E-state index contributed by atoms with van der Waals surface area (Å²) in [5, 5.41) is 4.54. The maximum Gasteiger partial charge on any atom is 0.272 e. The Hall–Kier alpha value is -2.96. The number of nitrogens with zero attached hydrogens (tertiary/aromatic N) is 4. The van der Waals surface area contributed by atoms with Crippen LogP contribution in [0.1, 0.15) is 55.7 Å². The summed E-state index contributed by atoms with van der Waals surface area (Å²) in [6.07, 6.45) is 5.02. The van der Waals surface area contributed by atoms with Crippen molar-refractivity contribution in [3.8, 4) is 11.3 Å². The lowest BCUT2D eigenvalue weighted by atomic mass is 10.1. The molecule has 1 amide bonds. The van der Waals surface area contributed by atoms with E-state index in [1.54, 1.807) is 22.7 Å². The number of aryl methyl sites for hydroxylation is 1. The number of likely N-dealkylation sites (tertiary alicyclic amines) is 1. The smallest absolute Gasteiger partial charge is 0.272 e. The van der Waals surface area contributed by atoms with Gasteiger partial charge in [0.1, 0.15) is 11.5 Å². The topological polar surface area (TPSA) is 76.5 Å². The number of anilines is 1. The van der Waals surface area contributed by atoms with Crippen molar-refractivity contribution in [3.63, 3.8) is 0 Å². The quantitative estimate of drug-likeness (QED) is 0.678. The van der Waals surface area contributed by atoms with Gasteiger partial charge in [0.2, 0.25) is 0 Å². The number of halogens is 1. The molecule has 1 fully saturated rings. The van der Waals surface area contributed by atoms with Gasteiger partial charge in [0.15, 0.2) is 5.65 Å². The Morgan fingerprint density at radius 2 is 2.07 bits per heavy atom. The maximum atomic E-state index is 14.4. The van der Waals surface area contributed by atoms with Crippen LogP contribution in [-0.2, 0) is 6.42 Å². The van der Waals surface area contributed by atoms with E-state index in [9.17, 15) is 9.18 Å². The molecule has 0 aliphatic carbocycles. The highest BCUT2D eigenvalue weighted by Crippen LogP contribution is 2.26. The highest BCUT2D eigenvalue weighted by atomic mass is 19.1. The molecule has 2 N–H and O–H groups in total. The fourth-order valence-electron chi connectivity index (χ4n) is 3.99. The minimum absolute atomic E-state index is 0.0435. The van der Waals surface area contributed by atoms with Gasteiger partial charge < -0.3 is 10.6 Å². The highest BCUT2D eigenvalue weighted by Gasteiger charge is 2.25. The molecular formula is C22H26FN5O. The number of amides is 1. The van der Waals surface area contributed by atoms with Crippen LogP contribution in [0.2, 0.25) is 0 Å². The Balaban J connectivity index is 1.76. The summed E-state index contributed by atoms with van der Waals surface area (Å²) in [6, 6.07) is 8.27. The molecule has 152 valence electrons. The zero-order valence-corrected chi connectivity index (χ0v) is 16.9. The van der Waals surface area contributed by atoms with Crippen molar-refractivity contribution in [1.82, 2.24) is 19.5 Å². The molecule has 1 aromatic carbocycles. The molecule has 1 aliphatic rings. The summed E-state index contributed by atoms with van der Waals surface area (Å²) in [5.41, 5.74) is 8.68. The maximum absolute atomic E-state index is 14.4. The van der Waals surface area contributed by atoms with Crippen molar-refractivity contribution in [2.24, 2.45) is 0 Å². The first kappa shape index (κ1) is 19.4.